The van der Waals surface area contributed by atoms with Crippen LogP contribution >= 0.6 is 0 Å². The Morgan fingerprint density at radius 3 is 2.44 bits per heavy atom. The fourth-order valence-electron chi connectivity index (χ4n) is 1.65. The molecule has 3 nitrogen and oxygen atoms in total. The molecule has 2 atom stereocenters. The van der Waals surface area contributed by atoms with Crippen molar-refractivity contribution < 1.29 is 9.47 Å². The monoisotopic (exact) mass is 223 g/mol. The lowest BCUT2D eigenvalue weighted by Gasteiger charge is -2.23. The molecule has 0 aliphatic heterocycles. The zero-order valence-corrected chi connectivity index (χ0v) is 10.1. The lowest BCUT2D eigenvalue weighted by Crippen LogP contribution is -2.29. The molecule has 0 spiro atoms. The molecule has 16 heavy (non-hydrogen) atoms. The smallest absolute Gasteiger partial charge is 0.0766 e. The topological polar surface area (TPSA) is 44.5 Å². The summed E-state index contributed by atoms with van der Waals surface area (Å²) in [5.41, 5.74) is 7.28. The Morgan fingerprint density at radius 1 is 1.19 bits per heavy atom. The molecule has 1 aromatic rings. The number of nitrogens with two attached hydrogens (primary N) is 1. The van der Waals surface area contributed by atoms with Gasteiger partial charge in [0.1, 0.15) is 0 Å². The second-order valence-electron chi connectivity index (χ2n) is 3.75. The average Bonchev–Trinajstić information content (AvgIpc) is 2.35. The molecular weight excluding hydrogens is 202 g/mol. The fraction of sp³-hybridized carbons (Fsp3) is 0.538. The SMILES string of the molecule is CCC(OCCOC)C(N)c1ccccc1. The van der Waals surface area contributed by atoms with E-state index in [1.165, 1.54) is 0 Å². The van der Waals surface area contributed by atoms with Gasteiger partial charge in [0.15, 0.2) is 0 Å². The van der Waals surface area contributed by atoms with E-state index in [9.17, 15) is 0 Å². The second kappa shape index (κ2) is 7.39. The van der Waals surface area contributed by atoms with Crippen molar-refractivity contribution in [3.63, 3.8) is 0 Å². The van der Waals surface area contributed by atoms with Crippen molar-refractivity contribution in [2.45, 2.75) is 25.5 Å². The molecule has 1 rings (SSSR count). The largest absolute Gasteiger partial charge is 0.382 e. The quantitative estimate of drug-likeness (QED) is 0.720. The maximum atomic E-state index is 6.17. The minimum absolute atomic E-state index is 0.0533. The number of benzene rings is 1. The van der Waals surface area contributed by atoms with E-state index in [0.717, 1.165) is 12.0 Å². The van der Waals surface area contributed by atoms with Gasteiger partial charge in [-0.05, 0) is 12.0 Å². The minimum atomic E-state index is -0.0666. The van der Waals surface area contributed by atoms with E-state index in [-0.39, 0.29) is 12.1 Å². The lowest BCUT2D eigenvalue weighted by atomic mass is 10.0. The van der Waals surface area contributed by atoms with Gasteiger partial charge in [-0.3, -0.25) is 0 Å². The molecular formula is C13H21NO2. The molecule has 0 amide bonds. The Kier molecular flexibility index (Phi) is 6.08. The Bertz CT molecular complexity index is 277. The van der Waals surface area contributed by atoms with Crippen LogP contribution in [0.3, 0.4) is 0 Å². The minimum Gasteiger partial charge on any atom is -0.382 e. The van der Waals surface area contributed by atoms with Crippen LogP contribution in [0.25, 0.3) is 0 Å². The van der Waals surface area contributed by atoms with Crippen LogP contribution < -0.4 is 5.73 Å². The highest BCUT2D eigenvalue weighted by atomic mass is 16.5. The van der Waals surface area contributed by atoms with E-state index in [1.54, 1.807) is 7.11 Å². The number of ether oxygens (including phenoxy) is 2. The standard InChI is InChI=1S/C13H21NO2/c1-3-12(16-10-9-15-2)13(14)11-7-5-4-6-8-11/h4-8,12-13H,3,9-10,14H2,1-2H3. The summed E-state index contributed by atoms with van der Waals surface area (Å²) in [4.78, 5) is 0. The molecule has 0 heterocycles. The van der Waals surface area contributed by atoms with Gasteiger partial charge in [0, 0.05) is 7.11 Å². The third-order valence-corrected chi connectivity index (χ3v) is 2.61. The van der Waals surface area contributed by atoms with Gasteiger partial charge in [-0.2, -0.15) is 0 Å². The summed E-state index contributed by atoms with van der Waals surface area (Å²) < 4.78 is 10.7. The van der Waals surface area contributed by atoms with Gasteiger partial charge in [-0.25, -0.2) is 0 Å². The molecule has 0 saturated carbocycles. The number of methoxy groups -OCH3 is 1. The fourth-order valence-corrected chi connectivity index (χ4v) is 1.65. The summed E-state index contributed by atoms with van der Waals surface area (Å²) in [6.45, 7) is 3.29. The third-order valence-electron chi connectivity index (χ3n) is 2.61. The van der Waals surface area contributed by atoms with E-state index in [0.29, 0.717) is 13.2 Å². The van der Waals surface area contributed by atoms with Crippen LogP contribution in [0.4, 0.5) is 0 Å². The van der Waals surface area contributed by atoms with Crippen LogP contribution in [0, 0.1) is 0 Å². The molecule has 0 radical (unpaired) electrons. The molecule has 3 heteroatoms. The molecule has 0 aromatic heterocycles. The van der Waals surface area contributed by atoms with Gasteiger partial charge in [-0.15, -0.1) is 0 Å². The maximum Gasteiger partial charge on any atom is 0.0766 e. The van der Waals surface area contributed by atoms with E-state index in [2.05, 4.69) is 6.92 Å². The molecule has 0 saturated heterocycles. The first-order valence-electron chi connectivity index (χ1n) is 5.70. The second-order valence-corrected chi connectivity index (χ2v) is 3.75. The first-order valence-corrected chi connectivity index (χ1v) is 5.70. The predicted molar refractivity (Wildman–Crippen MR) is 65.3 cm³/mol. The third kappa shape index (κ3) is 3.93. The first-order chi connectivity index (χ1) is 7.79. The molecule has 90 valence electrons. The maximum absolute atomic E-state index is 6.17. The van der Waals surface area contributed by atoms with Crippen molar-refractivity contribution >= 4 is 0 Å². The van der Waals surface area contributed by atoms with Crippen molar-refractivity contribution in [2.75, 3.05) is 20.3 Å². The van der Waals surface area contributed by atoms with E-state index in [4.69, 9.17) is 15.2 Å². The van der Waals surface area contributed by atoms with Crippen LogP contribution in [-0.2, 0) is 9.47 Å². The van der Waals surface area contributed by atoms with Gasteiger partial charge >= 0.3 is 0 Å². The molecule has 2 unspecified atom stereocenters. The summed E-state index contributed by atoms with van der Waals surface area (Å²) in [5, 5.41) is 0. The first kappa shape index (κ1) is 13.2. The Morgan fingerprint density at radius 2 is 1.88 bits per heavy atom. The van der Waals surface area contributed by atoms with E-state index < -0.39 is 0 Å². The normalized spacial score (nSPS) is 14.7. The van der Waals surface area contributed by atoms with Gasteiger partial charge in [0.2, 0.25) is 0 Å². The van der Waals surface area contributed by atoms with Crippen LogP contribution in [0.1, 0.15) is 24.9 Å². The molecule has 1 aromatic carbocycles. The summed E-state index contributed by atoms with van der Waals surface area (Å²) in [6, 6.07) is 9.99. The Hall–Kier alpha value is -0.900. The van der Waals surface area contributed by atoms with Crippen LogP contribution in [0.5, 0.6) is 0 Å². The highest BCUT2D eigenvalue weighted by molar-refractivity contribution is 5.19. The van der Waals surface area contributed by atoms with Gasteiger partial charge in [0.25, 0.3) is 0 Å². The zero-order valence-electron chi connectivity index (χ0n) is 10.1. The number of hydrogen-bond acceptors (Lipinski definition) is 3. The zero-order chi connectivity index (χ0) is 11.8. The molecule has 0 bridgehead atoms. The van der Waals surface area contributed by atoms with Crippen LogP contribution in [0.15, 0.2) is 30.3 Å². The molecule has 0 fully saturated rings. The van der Waals surface area contributed by atoms with Crippen LogP contribution in [0.2, 0.25) is 0 Å². The Labute approximate surface area is 97.6 Å². The highest BCUT2D eigenvalue weighted by Crippen LogP contribution is 2.18. The molecule has 0 aliphatic carbocycles. The number of hydrogen-bond donors (Lipinski definition) is 1. The molecule has 0 aliphatic rings. The van der Waals surface area contributed by atoms with Crippen molar-refractivity contribution in [3.8, 4) is 0 Å². The Balaban J connectivity index is 2.52. The lowest BCUT2D eigenvalue weighted by molar-refractivity contribution is 0.00252. The van der Waals surface area contributed by atoms with Gasteiger partial charge < -0.3 is 15.2 Å². The van der Waals surface area contributed by atoms with Crippen molar-refractivity contribution in [2.24, 2.45) is 5.73 Å². The van der Waals surface area contributed by atoms with Crippen molar-refractivity contribution in [3.05, 3.63) is 35.9 Å². The summed E-state index contributed by atoms with van der Waals surface area (Å²) in [6.07, 6.45) is 0.956. The van der Waals surface area contributed by atoms with E-state index >= 15 is 0 Å². The summed E-state index contributed by atoms with van der Waals surface area (Å²) in [7, 11) is 1.67. The summed E-state index contributed by atoms with van der Waals surface area (Å²) in [5.74, 6) is 0. The predicted octanol–water partition coefficient (Wildman–Crippen LogP) is 2.13. The van der Waals surface area contributed by atoms with Crippen LogP contribution in [-0.4, -0.2) is 26.4 Å². The van der Waals surface area contributed by atoms with Gasteiger partial charge in [-0.1, -0.05) is 37.3 Å². The van der Waals surface area contributed by atoms with Crippen molar-refractivity contribution in [1.29, 1.82) is 0 Å². The highest BCUT2D eigenvalue weighted by Gasteiger charge is 2.17. The summed E-state index contributed by atoms with van der Waals surface area (Å²) >= 11 is 0. The average molecular weight is 223 g/mol. The number of rotatable bonds is 7. The van der Waals surface area contributed by atoms with Crippen molar-refractivity contribution in [1.82, 2.24) is 0 Å². The molecule has 2 N–H and O–H groups in total. The van der Waals surface area contributed by atoms with E-state index in [1.807, 2.05) is 30.3 Å². The van der Waals surface area contributed by atoms with Gasteiger partial charge in [0.05, 0.1) is 25.4 Å².